The van der Waals surface area contributed by atoms with E-state index in [9.17, 15) is 9.59 Å². The van der Waals surface area contributed by atoms with Gasteiger partial charge in [-0.2, -0.15) is 0 Å². The molecule has 2 aliphatic rings. The summed E-state index contributed by atoms with van der Waals surface area (Å²) in [6, 6.07) is -0.810. The number of amides is 1. The molecule has 0 unspecified atom stereocenters. The van der Waals surface area contributed by atoms with Crippen molar-refractivity contribution in [3.05, 3.63) is 0 Å². The van der Waals surface area contributed by atoms with Gasteiger partial charge in [0.2, 0.25) is 0 Å². The molecule has 0 aromatic rings. The summed E-state index contributed by atoms with van der Waals surface area (Å²) in [5.41, 5.74) is 0. The van der Waals surface area contributed by atoms with Crippen LogP contribution < -0.4 is 5.32 Å². The van der Waals surface area contributed by atoms with E-state index in [1.807, 2.05) is 0 Å². The lowest BCUT2D eigenvalue weighted by molar-refractivity contribution is -0.140. The number of carbonyl (C=O) groups excluding carboxylic acids is 1. The third-order valence-corrected chi connectivity index (χ3v) is 2.79. The summed E-state index contributed by atoms with van der Waals surface area (Å²) >= 11 is 0. The summed E-state index contributed by atoms with van der Waals surface area (Å²) in [5.74, 6) is -0.938. The van der Waals surface area contributed by atoms with Crippen molar-refractivity contribution in [1.29, 1.82) is 0 Å². The summed E-state index contributed by atoms with van der Waals surface area (Å²) in [6.45, 7) is 0.984. The molecule has 6 nitrogen and oxygen atoms in total. The highest BCUT2D eigenvalue weighted by atomic mass is 16.6. The monoisotopic (exact) mass is 229 g/mol. The molecule has 2 rings (SSSR count). The van der Waals surface area contributed by atoms with E-state index >= 15 is 0 Å². The molecule has 2 N–H and O–H groups in total. The van der Waals surface area contributed by atoms with Gasteiger partial charge in [0.05, 0.1) is 13.2 Å². The van der Waals surface area contributed by atoms with E-state index in [1.54, 1.807) is 0 Å². The second kappa shape index (κ2) is 4.69. The number of aliphatic carboxylic acids is 1. The fourth-order valence-electron chi connectivity index (χ4n) is 1.73. The number of rotatable bonds is 4. The Balaban J connectivity index is 1.77. The van der Waals surface area contributed by atoms with E-state index in [-0.39, 0.29) is 12.0 Å². The summed E-state index contributed by atoms with van der Waals surface area (Å²) in [4.78, 5) is 22.3. The van der Waals surface area contributed by atoms with Crippen molar-refractivity contribution in [2.75, 3.05) is 13.2 Å². The van der Waals surface area contributed by atoms with Crippen molar-refractivity contribution in [3.8, 4) is 0 Å². The van der Waals surface area contributed by atoms with E-state index in [0.29, 0.717) is 19.6 Å². The SMILES string of the molecule is O=C(N[C@H](C(=O)O)C1CC1)O[C@H]1CCOC1. The first-order valence-electron chi connectivity index (χ1n) is 5.44. The van der Waals surface area contributed by atoms with Crippen LogP contribution in [0.15, 0.2) is 0 Å². The molecule has 0 radical (unpaired) electrons. The van der Waals surface area contributed by atoms with Crippen LogP contribution in [0, 0.1) is 5.92 Å². The van der Waals surface area contributed by atoms with E-state index < -0.39 is 18.1 Å². The largest absolute Gasteiger partial charge is 0.480 e. The minimum Gasteiger partial charge on any atom is -0.480 e. The predicted octanol–water partition coefficient (Wildman–Crippen LogP) is 0.365. The molecular weight excluding hydrogens is 214 g/mol. The minimum atomic E-state index is -0.998. The maximum atomic E-state index is 11.4. The molecule has 0 bridgehead atoms. The molecule has 6 heteroatoms. The molecule has 16 heavy (non-hydrogen) atoms. The Labute approximate surface area is 92.9 Å². The molecular formula is C10H15NO5. The van der Waals surface area contributed by atoms with Crippen molar-refractivity contribution in [2.24, 2.45) is 5.92 Å². The molecule has 1 saturated carbocycles. The smallest absolute Gasteiger partial charge is 0.408 e. The zero-order valence-electron chi connectivity index (χ0n) is 8.85. The van der Waals surface area contributed by atoms with E-state index in [4.69, 9.17) is 14.6 Å². The first-order chi connectivity index (χ1) is 7.66. The van der Waals surface area contributed by atoms with E-state index in [1.165, 1.54) is 0 Å². The summed E-state index contributed by atoms with van der Waals surface area (Å²) < 4.78 is 10.1. The van der Waals surface area contributed by atoms with Crippen LogP contribution in [0.3, 0.4) is 0 Å². The lowest BCUT2D eigenvalue weighted by atomic mass is 10.2. The van der Waals surface area contributed by atoms with Gasteiger partial charge >= 0.3 is 12.1 Å². The van der Waals surface area contributed by atoms with Crippen molar-refractivity contribution < 1.29 is 24.2 Å². The Morgan fingerprint density at radius 1 is 1.38 bits per heavy atom. The van der Waals surface area contributed by atoms with Crippen LogP contribution in [-0.2, 0) is 14.3 Å². The molecule has 0 spiro atoms. The van der Waals surface area contributed by atoms with Gasteiger partial charge in [-0.15, -0.1) is 0 Å². The first-order valence-corrected chi connectivity index (χ1v) is 5.44. The number of hydrogen-bond acceptors (Lipinski definition) is 4. The van der Waals surface area contributed by atoms with Gasteiger partial charge in [0, 0.05) is 6.42 Å². The minimum absolute atomic E-state index is 0.0601. The Morgan fingerprint density at radius 2 is 2.12 bits per heavy atom. The van der Waals surface area contributed by atoms with Gasteiger partial charge in [-0.05, 0) is 18.8 Å². The molecule has 0 aromatic carbocycles. The number of carboxylic acids is 1. The number of ether oxygens (including phenoxy) is 2. The molecule has 2 atom stereocenters. The van der Waals surface area contributed by atoms with E-state index in [2.05, 4.69) is 5.32 Å². The van der Waals surface area contributed by atoms with Crippen LogP contribution in [0.2, 0.25) is 0 Å². The zero-order chi connectivity index (χ0) is 11.5. The Bertz CT molecular complexity index is 283. The van der Waals surface area contributed by atoms with Gasteiger partial charge < -0.3 is 19.9 Å². The number of nitrogens with one attached hydrogen (secondary N) is 1. The standard InChI is InChI=1S/C10H15NO5/c12-9(13)8(6-1-2-6)11-10(14)16-7-3-4-15-5-7/h6-8H,1-5H2,(H,11,14)(H,12,13)/t7-,8-/m0/s1. The second-order valence-electron chi connectivity index (χ2n) is 4.19. The molecule has 2 fully saturated rings. The molecule has 1 saturated heterocycles. The third kappa shape index (κ3) is 2.85. The molecule has 1 heterocycles. The van der Waals surface area contributed by atoms with Crippen molar-refractivity contribution in [1.82, 2.24) is 5.32 Å². The molecule has 1 aliphatic carbocycles. The second-order valence-corrected chi connectivity index (χ2v) is 4.19. The van der Waals surface area contributed by atoms with Crippen molar-refractivity contribution >= 4 is 12.1 Å². The zero-order valence-corrected chi connectivity index (χ0v) is 8.85. The fourth-order valence-corrected chi connectivity index (χ4v) is 1.73. The average molecular weight is 229 g/mol. The van der Waals surface area contributed by atoms with Crippen molar-refractivity contribution in [3.63, 3.8) is 0 Å². The maximum absolute atomic E-state index is 11.4. The Hall–Kier alpha value is -1.30. The third-order valence-electron chi connectivity index (χ3n) is 2.79. The van der Waals surface area contributed by atoms with Gasteiger partial charge in [-0.1, -0.05) is 0 Å². The van der Waals surface area contributed by atoms with Crippen LogP contribution in [0.25, 0.3) is 0 Å². The lowest BCUT2D eigenvalue weighted by Gasteiger charge is -2.15. The highest BCUT2D eigenvalue weighted by Crippen LogP contribution is 2.32. The van der Waals surface area contributed by atoms with Crippen LogP contribution >= 0.6 is 0 Å². The number of hydrogen-bond donors (Lipinski definition) is 2. The molecule has 1 aliphatic heterocycles. The molecule has 0 aromatic heterocycles. The summed E-state index contributed by atoms with van der Waals surface area (Å²) in [7, 11) is 0. The van der Waals surface area contributed by atoms with Gasteiger partial charge in [0.25, 0.3) is 0 Å². The number of carboxylic acid groups (broad SMARTS) is 1. The molecule has 90 valence electrons. The lowest BCUT2D eigenvalue weighted by Crippen LogP contribution is -2.43. The number of alkyl carbamates (subject to hydrolysis) is 1. The quantitative estimate of drug-likeness (QED) is 0.727. The predicted molar refractivity (Wildman–Crippen MR) is 53.0 cm³/mol. The van der Waals surface area contributed by atoms with Crippen LogP contribution in [-0.4, -0.2) is 42.5 Å². The van der Waals surface area contributed by atoms with E-state index in [0.717, 1.165) is 12.8 Å². The topological polar surface area (TPSA) is 84.9 Å². The van der Waals surface area contributed by atoms with Crippen LogP contribution in [0.4, 0.5) is 4.79 Å². The molecule has 1 amide bonds. The van der Waals surface area contributed by atoms with Crippen molar-refractivity contribution in [2.45, 2.75) is 31.4 Å². The van der Waals surface area contributed by atoms with Gasteiger partial charge in [0.15, 0.2) is 0 Å². The number of carbonyl (C=O) groups is 2. The summed E-state index contributed by atoms with van der Waals surface area (Å²) in [6.07, 6.45) is 1.48. The van der Waals surface area contributed by atoms with Gasteiger partial charge in [-0.3, -0.25) is 0 Å². The highest BCUT2D eigenvalue weighted by molar-refractivity contribution is 5.80. The fraction of sp³-hybridized carbons (Fsp3) is 0.800. The average Bonchev–Trinajstić information content (AvgIpc) is 2.94. The Morgan fingerprint density at radius 3 is 2.62 bits per heavy atom. The normalized spacial score (nSPS) is 26.1. The van der Waals surface area contributed by atoms with Gasteiger partial charge in [-0.25, -0.2) is 9.59 Å². The maximum Gasteiger partial charge on any atom is 0.408 e. The first kappa shape index (κ1) is 11.2. The van der Waals surface area contributed by atoms with Crippen LogP contribution in [0.5, 0.6) is 0 Å². The highest BCUT2D eigenvalue weighted by Gasteiger charge is 2.38. The van der Waals surface area contributed by atoms with Gasteiger partial charge in [0.1, 0.15) is 12.1 Å². The Kier molecular flexibility index (Phi) is 3.28. The summed E-state index contributed by atoms with van der Waals surface area (Å²) in [5, 5.41) is 11.3. The van der Waals surface area contributed by atoms with Crippen LogP contribution in [0.1, 0.15) is 19.3 Å².